The summed E-state index contributed by atoms with van der Waals surface area (Å²) in [6.07, 6.45) is 3.42. The van der Waals surface area contributed by atoms with Gasteiger partial charge in [0.2, 0.25) is 5.91 Å². The second kappa shape index (κ2) is 6.35. The van der Waals surface area contributed by atoms with E-state index >= 15 is 0 Å². The molecule has 0 radical (unpaired) electrons. The first-order valence-electron chi connectivity index (χ1n) is 7.50. The van der Waals surface area contributed by atoms with Crippen molar-refractivity contribution >= 4 is 5.91 Å². The second-order valence-corrected chi connectivity index (χ2v) is 5.90. The van der Waals surface area contributed by atoms with Gasteiger partial charge in [-0.05, 0) is 25.2 Å². The van der Waals surface area contributed by atoms with Crippen LogP contribution in [0.25, 0.3) is 0 Å². The van der Waals surface area contributed by atoms with Crippen LogP contribution in [0.5, 0.6) is 0 Å². The number of nitrogens with one attached hydrogen (secondary N) is 1. The summed E-state index contributed by atoms with van der Waals surface area (Å²) in [4.78, 5) is 16.7. The van der Waals surface area contributed by atoms with Crippen molar-refractivity contribution in [3.05, 3.63) is 11.6 Å². The summed E-state index contributed by atoms with van der Waals surface area (Å²) in [5, 5.41) is 7.47. The summed E-state index contributed by atoms with van der Waals surface area (Å²) < 4.78 is 1.92. The highest BCUT2D eigenvalue weighted by atomic mass is 16.2. The monoisotopic (exact) mass is 279 g/mol. The SMILES string of the molecule is CCc1nc2n(n1)CCCC2NC(=O)[C@@H](N)CC(C)C. The molecular weight excluding hydrogens is 254 g/mol. The fourth-order valence-electron chi connectivity index (χ4n) is 2.58. The highest BCUT2D eigenvalue weighted by Gasteiger charge is 2.27. The molecule has 112 valence electrons. The Labute approximate surface area is 120 Å². The van der Waals surface area contributed by atoms with Gasteiger partial charge in [0.15, 0.2) is 5.82 Å². The number of carbonyl (C=O) groups excluding carboxylic acids is 1. The summed E-state index contributed by atoms with van der Waals surface area (Å²) >= 11 is 0. The number of hydrogen-bond acceptors (Lipinski definition) is 4. The Morgan fingerprint density at radius 1 is 1.55 bits per heavy atom. The normalized spacial score (nSPS) is 19.8. The van der Waals surface area contributed by atoms with Crippen LogP contribution in [0.15, 0.2) is 0 Å². The van der Waals surface area contributed by atoms with Gasteiger partial charge >= 0.3 is 0 Å². The highest BCUT2D eigenvalue weighted by Crippen LogP contribution is 2.23. The van der Waals surface area contributed by atoms with Crippen molar-refractivity contribution in [3.8, 4) is 0 Å². The lowest BCUT2D eigenvalue weighted by atomic mass is 10.0. The van der Waals surface area contributed by atoms with Gasteiger partial charge < -0.3 is 11.1 Å². The molecule has 2 heterocycles. The van der Waals surface area contributed by atoms with Gasteiger partial charge in [-0.15, -0.1) is 0 Å². The number of fused-ring (bicyclic) bond motifs is 1. The number of hydrogen-bond donors (Lipinski definition) is 2. The van der Waals surface area contributed by atoms with E-state index in [1.165, 1.54) is 0 Å². The first kappa shape index (κ1) is 15.0. The van der Waals surface area contributed by atoms with Crippen molar-refractivity contribution in [2.75, 3.05) is 0 Å². The van der Waals surface area contributed by atoms with E-state index in [2.05, 4.69) is 29.2 Å². The fraction of sp³-hybridized carbons (Fsp3) is 0.786. The number of rotatable bonds is 5. The third-order valence-electron chi connectivity index (χ3n) is 3.61. The molecule has 1 amide bonds. The zero-order valence-electron chi connectivity index (χ0n) is 12.6. The number of amides is 1. The predicted molar refractivity (Wildman–Crippen MR) is 76.9 cm³/mol. The van der Waals surface area contributed by atoms with Crippen molar-refractivity contribution in [2.45, 2.75) is 65.1 Å². The molecule has 0 saturated heterocycles. The largest absolute Gasteiger partial charge is 0.345 e. The molecule has 1 aromatic rings. The number of aromatic nitrogens is 3. The lowest BCUT2D eigenvalue weighted by Gasteiger charge is -2.24. The molecule has 0 saturated carbocycles. The van der Waals surface area contributed by atoms with Crippen LogP contribution in [-0.2, 0) is 17.8 Å². The van der Waals surface area contributed by atoms with Crippen molar-refractivity contribution in [3.63, 3.8) is 0 Å². The van der Waals surface area contributed by atoms with E-state index < -0.39 is 6.04 Å². The first-order chi connectivity index (χ1) is 9.51. The lowest BCUT2D eigenvalue weighted by molar-refractivity contribution is -0.123. The highest BCUT2D eigenvalue weighted by molar-refractivity contribution is 5.81. The Balaban J connectivity index is 2.04. The summed E-state index contributed by atoms with van der Waals surface area (Å²) in [7, 11) is 0. The molecule has 1 aromatic heterocycles. The zero-order chi connectivity index (χ0) is 14.7. The smallest absolute Gasteiger partial charge is 0.237 e. The van der Waals surface area contributed by atoms with Gasteiger partial charge in [0.25, 0.3) is 0 Å². The minimum Gasteiger partial charge on any atom is -0.345 e. The molecule has 2 atom stereocenters. The molecule has 1 unspecified atom stereocenters. The van der Waals surface area contributed by atoms with Gasteiger partial charge in [0, 0.05) is 13.0 Å². The van der Waals surface area contributed by atoms with Gasteiger partial charge in [0.05, 0.1) is 12.1 Å². The molecule has 6 heteroatoms. The van der Waals surface area contributed by atoms with Crippen LogP contribution in [0.3, 0.4) is 0 Å². The minimum absolute atomic E-state index is 0.0535. The van der Waals surface area contributed by atoms with Crippen LogP contribution in [0.1, 0.15) is 57.7 Å². The van der Waals surface area contributed by atoms with Gasteiger partial charge in [-0.3, -0.25) is 4.79 Å². The molecule has 0 bridgehead atoms. The summed E-state index contributed by atoms with van der Waals surface area (Å²) in [5.74, 6) is 2.04. The zero-order valence-corrected chi connectivity index (χ0v) is 12.6. The maximum Gasteiger partial charge on any atom is 0.237 e. The molecule has 0 aliphatic carbocycles. The topological polar surface area (TPSA) is 85.8 Å². The number of nitrogens with zero attached hydrogens (tertiary/aromatic N) is 3. The van der Waals surface area contributed by atoms with E-state index in [0.717, 1.165) is 37.5 Å². The van der Waals surface area contributed by atoms with Gasteiger partial charge in [-0.25, -0.2) is 9.67 Å². The third-order valence-corrected chi connectivity index (χ3v) is 3.61. The Morgan fingerprint density at radius 3 is 2.95 bits per heavy atom. The van der Waals surface area contributed by atoms with Crippen LogP contribution in [-0.4, -0.2) is 26.7 Å². The molecule has 1 aliphatic heterocycles. The average Bonchev–Trinajstić information content (AvgIpc) is 2.82. The number of nitrogens with two attached hydrogens (primary N) is 1. The standard InChI is InChI=1S/C14H25N5O/c1-4-12-17-13-11(6-5-7-19(13)18-12)16-14(20)10(15)8-9(2)3/h9-11H,4-8,15H2,1-3H3,(H,16,20)/t10-,11?/m0/s1. The van der Waals surface area contributed by atoms with E-state index in [4.69, 9.17) is 5.73 Å². The summed E-state index contributed by atoms with van der Waals surface area (Å²) in [6, 6.07) is -0.499. The van der Waals surface area contributed by atoms with Gasteiger partial charge in [0.1, 0.15) is 5.82 Å². The van der Waals surface area contributed by atoms with Crippen LogP contribution >= 0.6 is 0 Å². The van der Waals surface area contributed by atoms with Crippen molar-refractivity contribution < 1.29 is 4.79 Å². The summed E-state index contributed by atoms with van der Waals surface area (Å²) in [5.41, 5.74) is 5.93. The van der Waals surface area contributed by atoms with Gasteiger partial charge in [-0.2, -0.15) is 5.10 Å². The van der Waals surface area contributed by atoms with Gasteiger partial charge in [-0.1, -0.05) is 20.8 Å². The van der Waals surface area contributed by atoms with Crippen LogP contribution < -0.4 is 11.1 Å². The first-order valence-corrected chi connectivity index (χ1v) is 7.50. The molecule has 1 aliphatic rings. The van der Waals surface area contributed by atoms with Crippen LogP contribution in [0.2, 0.25) is 0 Å². The Bertz CT molecular complexity index is 468. The van der Waals surface area contributed by atoms with E-state index in [1.807, 2.05) is 11.6 Å². The molecule has 0 aromatic carbocycles. The van der Waals surface area contributed by atoms with Crippen molar-refractivity contribution in [1.29, 1.82) is 0 Å². The van der Waals surface area contributed by atoms with Crippen molar-refractivity contribution in [2.24, 2.45) is 11.7 Å². The second-order valence-electron chi connectivity index (χ2n) is 5.90. The summed E-state index contributed by atoms with van der Waals surface area (Å²) in [6.45, 7) is 7.05. The minimum atomic E-state index is -0.445. The van der Waals surface area contributed by atoms with Crippen LogP contribution in [0.4, 0.5) is 0 Å². The molecule has 2 rings (SSSR count). The van der Waals surface area contributed by atoms with Crippen LogP contribution in [0, 0.1) is 5.92 Å². The molecule has 3 N–H and O–H groups in total. The van der Waals surface area contributed by atoms with Crippen molar-refractivity contribution in [1.82, 2.24) is 20.1 Å². The van der Waals surface area contributed by atoms with E-state index in [0.29, 0.717) is 12.3 Å². The Kier molecular flexibility index (Phi) is 4.75. The molecule has 0 spiro atoms. The Morgan fingerprint density at radius 2 is 2.30 bits per heavy atom. The van der Waals surface area contributed by atoms with E-state index in [-0.39, 0.29) is 11.9 Å². The van der Waals surface area contributed by atoms with E-state index in [9.17, 15) is 4.79 Å². The lowest BCUT2D eigenvalue weighted by Crippen LogP contribution is -2.44. The molecule has 0 fully saturated rings. The fourth-order valence-corrected chi connectivity index (χ4v) is 2.58. The quantitative estimate of drug-likeness (QED) is 0.847. The third kappa shape index (κ3) is 3.36. The van der Waals surface area contributed by atoms with E-state index in [1.54, 1.807) is 0 Å². The maximum atomic E-state index is 12.1. The number of aryl methyl sites for hydroxylation is 2. The Hall–Kier alpha value is -1.43. The average molecular weight is 279 g/mol. The maximum absolute atomic E-state index is 12.1. The predicted octanol–water partition coefficient (Wildman–Crippen LogP) is 1.17. The molecular formula is C14H25N5O. The molecule has 20 heavy (non-hydrogen) atoms. The molecule has 6 nitrogen and oxygen atoms in total. The number of carbonyl (C=O) groups is 1.